The highest BCUT2D eigenvalue weighted by atomic mass is 16.5. The smallest absolute Gasteiger partial charge is 0.242 e. The fourth-order valence-corrected chi connectivity index (χ4v) is 1.50. The zero-order valence-electron chi connectivity index (χ0n) is 11.1. The Balaban J connectivity index is 3.05. The second-order valence-electron chi connectivity index (χ2n) is 4.07. The molecule has 0 aliphatic heterocycles. The van der Waals surface area contributed by atoms with Gasteiger partial charge < -0.3 is 9.64 Å². The monoisotopic (exact) mass is 250 g/mol. The first kappa shape index (κ1) is 14.0. The molecule has 0 aliphatic carbocycles. The van der Waals surface area contributed by atoms with Crippen LogP contribution in [0, 0.1) is 0 Å². The van der Waals surface area contributed by atoms with Crippen LogP contribution < -0.4 is 9.64 Å². The van der Waals surface area contributed by atoms with Crippen LogP contribution in [-0.2, 0) is 9.59 Å². The van der Waals surface area contributed by atoms with Crippen molar-refractivity contribution in [1.29, 1.82) is 0 Å². The van der Waals surface area contributed by atoms with E-state index < -0.39 is 0 Å². The zero-order valence-corrected chi connectivity index (χ0v) is 11.1. The van der Waals surface area contributed by atoms with Gasteiger partial charge in [0.2, 0.25) is 11.8 Å². The summed E-state index contributed by atoms with van der Waals surface area (Å²) in [5.74, 6) is 0.227. The van der Waals surface area contributed by atoms with Gasteiger partial charge in [-0.2, -0.15) is 0 Å². The number of anilines is 1. The molecule has 5 heteroatoms. The number of carbonyl (C=O) groups excluding carboxylic acids is 2. The van der Waals surface area contributed by atoms with E-state index in [1.165, 1.54) is 23.8 Å². The molecule has 0 unspecified atom stereocenters. The largest absolute Gasteiger partial charge is 0.495 e. The Morgan fingerprint density at radius 1 is 1.22 bits per heavy atom. The number of likely N-dealkylation sites (N-methyl/N-ethyl adjacent to an activating group) is 1. The van der Waals surface area contributed by atoms with Crippen LogP contribution in [0.1, 0.15) is 6.92 Å². The average molecular weight is 250 g/mol. The highest BCUT2D eigenvalue weighted by Gasteiger charge is 2.19. The number of hydrogen-bond acceptors (Lipinski definition) is 3. The second-order valence-corrected chi connectivity index (χ2v) is 4.07. The molecule has 1 aromatic rings. The van der Waals surface area contributed by atoms with Gasteiger partial charge in [0.25, 0.3) is 0 Å². The lowest BCUT2D eigenvalue weighted by atomic mass is 10.2. The van der Waals surface area contributed by atoms with Crippen molar-refractivity contribution in [2.45, 2.75) is 6.92 Å². The van der Waals surface area contributed by atoms with E-state index in [1.807, 2.05) is 6.07 Å². The summed E-state index contributed by atoms with van der Waals surface area (Å²) >= 11 is 0. The van der Waals surface area contributed by atoms with Crippen molar-refractivity contribution in [3.63, 3.8) is 0 Å². The van der Waals surface area contributed by atoms with Crippen molar-refractivity contribution in [1.82, 2.24) is 4.90 Å². The maximum atomic E-state index is 11.7. The molecule has 0 aromatic heterocycles. The maximum Gasteiger partial charge on any atom is 0.242 e. The van der Waals surface area contributed by atoms with Crippen LogP contribution in [0.25, 0.3) is 0 Å². The van der Waals surface area contributed by atoms with Crippen LogP contribution in [0.4, 0.5) is 5.69 Å². The van der Waals surface area contributed by atoms with Crippen LogP contribution in [0.3, 0.4) is 0 Å². The van der Waals surface area contributed by atoms with Gasteiger partial charge in [0.1, 0.15) is 12.3 Å². The molecule has 0 fully saturated rings. The lowest BCUT2D eigenvalue weighted by Gasteiger charge is -2.24. The number of amides is 2. The van der Waals surface area contributed by atoms with E-state index >= 15 is 0 Å². The predicted octanol–water partition coefficient (Wildman–Crippen LogP) is 1.14. The quantitative estimate of drug-likeness (QED) is 0.805. The van der Waals surface area contributed by atoms with Crippen LogP contribution in [-0.4, -0.2) is 44.5 Å². The lowest BCUT2D eigenvalue weighted by molar-refractivity contribution is -0.129. The van der Waals surface area contributed by atoms with E-state index in [4.69, 9.17) is 4.74 Å². The molecule has 0 aliphatic rings. The van der Waals surface area contributed by atoms with Crippen molar-refractivity contribution >= 4 is 17.5 Å². The summed E-state index contributed by atoms with van der Waals surface area (Å²) in [5.41, 5.74) is 0.600. The lowest BCUT2D eigenvalue weighted by Crippen LogP contribution is -2.39. The highest BCUT2D eigenvalue weighted by molar-refractivity contribution is 5.98. The van der Waals surface area contributed by atoms with Crippen LogP contribution in [0.2, 0.25) is 0 Å². The van der Waals surface area contributed by atoms with Gasteiger partial charge in [0, 0.05) is 21.0 Å². The van der Waals surface area contributed by atoms with E-state index in [9.17, 15) is 9.59 Å². The molecule has 0 spiro atoms. The Morgan fingerprint density at radius 3 is 2.33 bits per heavy atom. The SMILES string of the molecule is COc1ccccc1N(CC(=O)N(C)C)C(C)=O. The number of carbonyl (C=O) groups is 2. The maximum absolute atomic E-state index is 11.7. The van der Waals surface area contributed by atoms with Crippen LogP contribution >= 0.6 is 0 Å². The molecule has 0 saturated heterocycles. The Bertz CT molecular complexity index is 444. The first-order valence-electron chi connectivity index (χ1n) is 5.58. The van der Waals surface area contributed by atoms with Gasteiger partial charge in [0.05, 0.1) is 12.8 Å². The molecule has 0 N–H and O–H groups in total. The minimum absolute atomic E-state index is 0.00269. The van der Waals surface area contributed by atoms with Gasteiger partial charge in [-0.1, -0.05) is 12.1 Å². The Morgan fingerprint density at radius 2 is 1.83 bits per heavy atom. The Kier molecular flexibility index (Phi) is 4.71. The number of rotatable bonds is 4. The minimum Gasteiger partial charge on any atom is -0.495 e. The Hall–Kier alpha value is -2.04. The van der Waals surface area contributed by atoms with Gasteiger partial charge >= 0.3 is 0 Å². The second kappa shape index (κ2) is 6.05. The summed E-state index contributed by atoms with van der Waals surface area (Å²) in [4.78, 5) is 26.2. The number of hydrogen-bond donors (Lipinski definition) is 0. The third kappa shape index (κ3) is 3.23. The van der Waals surface area contributed by atoms with Crippen molar-refractivity contribution in [3.8, 4) is 5.75 Å². The third-order valence-corrected chi connectivity index (χ3v) is 2.55. The van der Waals surface area contributed by atoms with Gasteiger partial charge in [0.15, 0.2) is 0 Å². The van der Waals surface area contributed by atoms with E-state index in [0.717, 1.165) is 0 Å². The van der Waals surface area contributed by atoms with E-state index in [2.05, 4.69) is 0 Å². The molecule has 0 heterocycles. The topological polar surface area (TPSA) is 49.9 Å². The van der Waals surface area contributed by atoms with Crippen molar-refractivity contribution < 1.29 is 14.3 Å². The number of ether oxygens (including phenoxy) is 1. The molecular weight excluding hydrogens is 232 g/mol. The average Bonchev–Trinajstić information content (AvgIpc) is 2.35. The number of nitrogens with zero attached hydrogens (tertiary/aromatic N) is 2. The van der Waals surface area contributed by atoms with Gasteiger partial charge in [-0.3, -0.25) is 14.5 Å². The fourth-order valence-electron chi connectivity index (χ4n) is 1.50. The summed E-state index contributed by atoms with van der Waals surface area (Å²) < 4.78 is 5.20. The summed E-state index contributed by atoms with van der Waals surface area (Å²) in [6.45, 7) is 1.43. The molecule has 1 aromatic carbocycles. The molecule has 5 nitrogen and oxygen atoms in total. The molecule has 0 bridgehead atoms. The first-order valence-corrected chi connectivity index (χ1v) is 5.58. The summed E-state index contributed by atoms with van der Waals surface area (Å²) in [5, 5.41) is 0. The third-order valence-electron chi connectivity index (χ3n) is 2.55. The fraction of sp³-hybridized carbons (Fsp3) is 0.385. The summed E-state index contributed by atoms with van der Waals surface area (Å²) in [6, 6.07) is 7.12. The first-order chi connectivity index (χ1) is 8.47. The minimum atomic E-state index is -0.199. The molecule has 18 heavy (non-hydrogen) atoms. The molecule has 0 atom stereocenters. The van der Waals surface area contributed by atoms with Crippen molar-refractivity contribution in [2.24, 2.45) is 0 Å². The van der Waals surface area contributed by atoms with Gasteiger partial charge in [-0.15, -0.1) is 0 Å². The molecule has 2 amide bonds. The summed E-state index contributed by atoms with van der Waals surface area (Å²) in [7, 11) is 4.84. The number of methoxy groups -OCH3 is 1. The van der Waals surface area contributed by atoms with E-state index in [1.54, 1.807) is 32.3 Å². The van der Waals surface area contributed by atoms with E-state index in [-0.39, 0.29) is 18.4 Å². The number of benzene rings is 1. The normalized spacial score (nSPS) is 9.78. The highest BCUT2D eigenvalue weighted by Crippen LogP contribution is 2.27. The molecule has 1 rings (SSSR count). The summed E-state index contributed by atoms with van der Waals surface area (Å²) in [6.07, 6.45) is 0. The zero-order chi connectivity index (χ0) is 13.7. The van der Waals surface area contributed by atoms with E-state index in [0.29, 0.717) is 11.4 Å². The molecule has 98 valence electrons. The molecule has 0 saturated carbocycles. The van der Waals surface area contributed by atoms with Crippen molar-refractivity contribution in [3.05, 3.63) is 24.3 Å². The van der Waals surface area contributed by atoms with Gasteiger partial charge in [-0.25, -0.2) is 0 Å². The standard InChI is InChI=1S/C13H18N2O3/c1-10(16)15(9-13(17)14(2)3)11-7-5-6-8-12(11)18-4/h5-8H,9H2,1-4H3. The van der Waals surface area contributed by atoms with Crippen LogP contribution in [0.15, 0.2) is 24.3 Å². The van der Waals surface area contributed by atoms with Crippen molar-refractivity contribution in [2.75, 3.05) is 32.6 Å². The number of para-hydroxylation sites is 2. The van der Waals surface area contributed by atoms with Gasteiger partial charge in [-0.05, 0) is 12.1 Å². The molecule has 0 radical (unpaired) electrons. The molecular formula is C13H18N2O3. The Labute approximate surface area is 107 Å². The predicted molar refractivity (Wildman–Crippen MR) is 69.7 cm³/mol. The van der Waals surface area contributed by atoms with Crippen LogP contribution in [0.5, 0.6) is 5.75 Å².